The summed E-state index contributed by atoms with van der Waals surface area (Å²) < 4.78 is 2.00. The van der Waals surface area contributed by atoms with Crippen LogP contribution >= 0.6 is 23.2 Å². The monoisotopic (exact) mass is 324 g/mol. The lowest BCUT2D eigenvalue weighted by atomic mass is 10.0. The Bertz CT molecular complexity index is 685. The van der Waals surface area contributed by atoms with Crippen molar-refractivity contribution in [3.05, 3.63) is 46.0 Å². The number of rotatable bonds is 3. The van der Waals surface area contributed by atoms with Crippen LogP contribution in [0.15, 0.2) is 24.5 Å². The van der Waals surface area contributed by atoms with E-state index in [1.807, 2.05) is 11.5 Å². The molecule has 0 radical (unpaired) electrons. The Morgan fingerprint density at radius 3 is 2.90 bits per heavy atom. The number of Topliss-reactive ketones (excluding diaryl/α,β-unsaturated/α-hetero) is 1. The molecule has 1 aromatic carbocycles. The molecule has 0 aliphatic carbocycles. The zero-order valence-electron chi connectivity index (χ0n) is 11.5. The largest absolute Gasteiger partial charge is 0.315 e. The summed E-state index contributed by atoms with van der Waals surface area (Å²) in [6.45, 7) is 4.06. The zero-order chi connectivity index (χ0) is 15.0. The molecule has 1 aliphatic rings. The van der Waals surface area contributed by atoms with Gasteiger partial charge in [0.1, 0.15) is 12.2 Å². The second-order valence-electron chi connectivity index (χ2n) is 5.08. The van der Waals surface area contributed by atoms with Crippen LogP contribution in [0.2, 0.25) is 10.0 Å². The number of aromatic nitrogens is 3. The molecule has 2 aromatic rings. The van der Waals surface area contributed by atoms with Gasteiger partial charge in [-0.1, -0.05) is 23.2 Å². The lowest BCUT2D eigenvalue weighted by Gasteiger charge is -2.31. The van der Waals surface area contributed by atoms with Gasteiger partial charge in [-0.05, 0) is 25.1 Å². The fourth-order valence-corrected chi connectivity index (χ4v) is 3.00. The van der Waals surface area contributed by atoms with Crippen molar-refractivity contribution in [2.24, 2.45) is 0 Å². The normalized spacial score (nSPS) is 16.5. The van der Waals surface area contributed by atoms with E-state index >= 15 is 0 Å². The maximum absolute atomic E-state index is 12.6. The molecule has 1 unspecified atom stereocenters. The van der Waals surface area contributed by atoms with Gasteiger partial charge in [-0.15, -0.1) is 10.2 Å². The Hall–Kier alpha value is -1.43. The van der Waals surface area contributed by atoms with Crippen LogP contribution in [-0.4, -0.2) is 38.0 Å². The van der Waals surface area contributed by atoms with Crippen LogP contribution in [0.25, 0.3) is 0 Å². The van der Waals surface area contributed by atoms with Crippen molar-refractivity contribution in [3.63, 3.8) is 0 Å². The van der Waals surface area contributed by atoms with Crippen molar-refractivity contribution < 1.29 is 4.79 Å². The van der Waals surface area contributed by atoms with Crippen molar-refractivity contribution in [1.29, 1.82) is 0 Å². The molecule has 2 heterocycles. The predicted octanol–water partition coefficient (Wildman–Crippen LogP) is 2.67. The van der Waals surface area contributed by atoms with Gasteiger partial charge in [0.05, 0.1) is 17.6 Å². The van der Waals surface area contributed by atoms with Crippen LogP contribution in [0.4, 0.5) is 0 Å². The molecule has 110 valence electrons. The van der Waals surface area contributed by atoms with Crippen molar-refractivity contribution in [2.45, 2.75) is 26.1 Å². The van der Waals surface area contributed by atoms with E-state index < -0.39 is 0 Å². The van der Waals surface area contributed by atoms with E-state index in [1.54, 1.807) is 24.5 Å². The Kier molecular flexibility index (Phi) is 3.97. The van der Waals surface area contributed by atoms with Crippen molar-refractivity contribution >= 4 is 29.0 Å². The van der Waals surface area contributed by atoms with Gasteiger partial charge in [0.2, 0.25) is 0 Å². The zero-order valence-corrected chi connectivity index (χ0v) is 13.0. The Morgan fingerprint density at radius 2 is 2.14 bits per heavy atom. The molecular formula is C14H14Cl2N4O. The SMILES string of the molecule is CC(C(=O)c1ccc(Cl)cc1Cl)N1CCn2cnnc2C1. The molecule has 7 heteroatoms. The summed E-state index contributed by atoms with van der Waals surface area (Å²) in [6.07, 6.45) is 1.72. The molecule has 0 spiro atoms. The summed E-state index contributed by atoms with van der Waals surface area (Å²) in [6, 6.07) is 4.68. The molecule has 0 saturated heterocycles. The molecule has 1 aromatic heterocycles. The summed E-state index contributed by atoms with van der Waals surface area (Å²) >= 11 is 12.0. The fourth-order valence-electron chi connectivity index (χ4n) is 2.50. The first-order valence-electron chi connectivity index (χ1n) is 6.66. The summed E-state index contributed by atoms with van der Waals surface area (Å²) in [7, 11) is 0. The molecule has 0 fully saturated rings. The van der Waals surface area contributed by atoms with Crippen molar-refractivity contribution in [2.75, 3.05) is 6.54 Å². The number of carbonyl (C=O) groups is 1. The van der Waals surface area contributed by atoms with E-state index in [9.17, 15) is 4.79 Å². The molecular weight excluding hydrogens is 311 g/mol. The lowest BCUT2D eigenvalue weighted by Crippen LogP contribution is -2.43. The van der Waals surface area contributed by atoms with Crippen molar-refractivity contribution in [3.8, 4) is 0 Å². The first-order chi connectivity index (χ1) is 10.1. The minimum Gasteiger partial charge on any atom is -0.315 e. The fraction of sp³-hybridized carbons (Fsp3) is 0.357. The van der Waals surface area contributed by atoms with Crippen LogP contribution in [-0.2, 0) is 13.1 Å². The van der Waals surface area contributed by atoms with Crippen LogP contribution in [0.1, 0.15) is 23.1 Å². The van der Waals surface area contributed by atoms with Gasteiger partial charge < -0.3 is 4.57 Å². The third kappa shape index (κ3) is 2.81. The van der Waals surface area contributed by atoms with E-state index in [0.29, 0.717) is 22.2 Å². The van der Waals surface area contributed by atoms with Gasteiger partial charge >= 0.3 is 0 Å². The number of fused-ring (bicyclic) bond motifs is 1. The highest BCUT2D eigenvalue weighted by atomic mass is 35.5. The highest BCUT2D eigenvalue weighted by Crippen LogP contribution is 2.24. The summed E-state index contributed by atoms with van der Waals surface area (Å²) in [5, 5.41) is 8.87. The van der Waals surface area contributed by atoms with Gasteiger partial charge in [-0.3, -0.25) is 9.69 Å². The third-order valence-corrected chi connectivity index (χ3v) is 4.34. The number of hydrogen-bond acceptors (Lipinski definition) is 4. The minimum absolute atomic E-state index is 0.00960. The first-order valence-corrected chi connectivity index (χ1v) is 7.42. The topological polar surface area (TPSA) is 51.0 Å². The number of hydrogen-bond donors (Lipinski definition) is 0. The molecule has 0 N–H and O–H groups in total. The lowest BCUT2D eigenvalue weighted by molar-refractivity contribution is 0.0793. The van der Waals surface area contributed by atoms with Crippen LogP contribution in [0.3, 0.4) is 0 Å². The van der Waals surface area contributed by atoms with E-state index in [4.69, 9.17) is 23.2 Å². The van der Waals surface area contributed by atoms with E-state index in [0.717, 1.165) is 18.9 Å². The molecule has 21 heavy (non-hydrogen) atoms. The highest BCUT2D eigenvalue weighted by Gasteiger charge is 2.27. The van der Waals surface area contributed by atoms with Crippen LogP contribution in [0, 0.1) is 0 Å². The molecule has 3 rings (SSSR count). The van der Waals surface area contributed by atoms with E-state index in [2.05, 4.69) is 15.1 Å². The van der Waals surface area contributed by atoms with Gasteiger partial charge in [0, 0.05) is 23.7 Å². The second-order valence-corrected chi connectivity index (χ2v) is 5.92. The summed E-state index contributed by atoms with van der Waals surface area (Å²) in [5.41, 5.74) is 0.501. The van der Waals surface area contributed by atoms with E-state index in [-0.39, 0.29) is 11.8 Å². The van der Waals surface area contributed by atoms with Gasteiger partial charge in [0.15, 0.2) is 5.78 Å². The van der Waals surface area contributed by atoms with Crippen molar-refractivity contribution in [1.82, 2.24) is 19.7 Å². The Labute approximate surface area is 132 Å². The van der Waals surface area contributed by atoms with Gasteiger partial charge in [0.25, 0.3) is 0 Å². The molecule has 1 atom stereocenters. The first kappa shape index (κ1) is 14.5. The molecule has 1 aliphatic heterocycles. The van der Waals surface area contributed by atoms with E-state index in [1.165, 1.54) is 0 Å². The van der Waals surface area contributed by atoms with Crippen LogP contribution < -0.4 is 0 Å². The summed E-state index contributed by atoms with van der Waals surface area (Å²) in [4.78, 5) is 14.7. The second kappa shape index (κ2) is 5.75. The van der Waals surface area contributed by atoms with Gasteiger partial charge in [-0.25, -0.2) is 0 Å². The molecule has 0 amide bonds. The average Bonchev–Trinajstić information content (AvgIpc) is 2.93. The number of halogens is 2. The standard InChI is InChI=1S/C14H14Cl2N4O/c1-9(14(21)11-3-2-10(15)6-12(11)16)19-4-5-20-8-17-18-13(20)7-19/h2-3,6,8-9H,4-5,7H2,1H3. The smallest absolute Gasteiger partial charge is 0.181 e. The quantitative estimate of drug-likeness (QED) is 0.814. The minimum atomic E-state index is -0.269. The van der Waals surface area contributed by atoms with Gasteiger partial charge in [-0.2, -0.15) is 0 Å². The molecule has 0 bridgehead atoms. The number of carbonyl (C=O) groups excluding carboxylic acids is 1. The molecule has 5 nitrogen and oxygen atoms in total. The molecule has 0 saturated carbocycles. The van der Waals surface area contributed by atoms with Crippen LogP contribution in [0.5, 0.6) is 0 Å². The third-order valence-electron chi connectivity index (χ3n) is 3.79. The highest BCUT2D eigenvalue weighted by molar-refractivity contribution is 6.37. The number of ketones is 1. The summed E-state index contributed by atoms with van der Waals surface area (Å²) in [5.74, 6) is 0.868. The Balaban J connectivity index is 1.79. The average molecular weight is 325 g/mol. The number of nitrogens with zero attached hydrogens (tertiary/aromatic N) is 4. The maximum atomic E-state index is 12.6. The number of benzene rings is 1. The maximum Gasteiger partial charge on any atom is 0.181 e. The Morgan fingerprint density at radius 1 is 1.33 bits per heavy atom. The predicted molar refractivity (Wildman–Crippen MR) is 80.7 cm³/mol.